The third kappa shape index (κ3) is 69.4. The summed E-state index contributed by atoms with van der Waals surface area (Å²) in [4.78, 5) is 72.7. The van der Waals surface area contributed by atoms with E-state index in [2.05, 4.69) is 149 Å². The first kappa shape index (κ1) is 92.9. The number of ether oxygens (including phenoxy) is 4. The van der Waals surface area contributed by atoms with Gasteiger partial charge < -0.3 is 33.8 Å². The molecule has 5 atom stereocenters. The third-order valence-corrected chi connectivity index (χ3v) is 16.7. The maximum atomic E-state index is 13.1. The van der Waals surface area contributed by atoms with E-state index in [-0.39, 0.29) is 25.7 Å². The van der Waals surface area contributed by atoms with Crippen molar-refractivity contribution in [3.8, 4) is 0 Å². The zero-order valence-electron chi connectivity index (χ0n) is 60.7. The van der Waals surface area contributed by atoms with Gasteiger partial charge in [-0.1, -0.05) is 251 Å². The van der Waals surface area contributed by atoms with E-state index in [4.69, 9.17) is 37.0 Å². The van der Waals surface area contributed by atoms with Gasteiger partial charge in [0.15, 0.2) is 12.2 Å². The summed E-state index contributed by atoms with van der Waals surface area (Å²) >= 11 is 0. The molecule has 0 spiro atoms. The molecular weight excluding hydrogens is 1280 g/mol. The first-order chi connectivity index (χ1) is 47.7. The average molecular weight is 1410 g/mol. The Bertz CT molecular complexity index is 2430. The lowest BCUT2D eigenvalue weighted by Crippen LogP contribution is -2.30. The van der Waals surface area contributed by atoms with Crippen molar-refractivity contribution in [2.75, 3.05) is 39.6 Å². The number of allylic oxidation sites excluding steroid dienone is 23. The van der Waals surface area contributed by atoms with Gasteiger partial charge in [-0.05, 0) is 141 Å². The van der Waals surface area contributed by atoms with E-state index in [0.717, 1.165) is 173 Å². The van der Waals surface area contributed by atoms with Crippen molar-refractivity contribution in [2.45, 2.75) is 290 Å². The van der Waals surface area contributed by atoms with E-state index >= 15 is 0 Å². The molecule has 0 fully saturated rings. The number of esters is 4. The number of carbonyl (C=O) groups excluding carboxylic acids is 4. The van der Waals surface area contributed by atoms with Crippen LogP contribution in [0.4, 0.5) is 0 Å². The monoisotopic (exact) mass is 1410 g/mol. The first-order valence-corrected chi connectivity index (χ1v) is 40.1. The molecule has 0 aliphatic heterocycles. The fourth-order valence-corrected chi connectivity index (χ4v) is 10.8. The summed E-state index contributed by atoms with van der Waals surface area (Å²) in [6, 6.07) is 0. The van der Waals surface area contributed by atoms with Gasteiger partial charge in [-0.25, -0.2) is 9.13 Å². The van der Waals surface area contributed by atoms with Crippen LogP contribution in [0.1, 0.15) is 272 Å². The van der Waals surface area contributed by atoms with Crippen molar-refractivity contribution in [3.63, 3.8) is 0 Å². The fraction of sp³-hybridized carbons (Fsp3) is 0.646. The highest BCUT2D eigenvalue weighted by Gasteiger charge is 2.30. The average Bonchev–Trinajstić information content (AvgIpc) is 1.04. The Morgan fingerprint density at radius 2 is 0.592 bits per heavy atom. The Balaban J connectivity index is 5.46. The maximum absolute atomic E-state index is 13.1. The van der Waals surface area contributed by atoms with Crippen LogP contribution in [0.5, 0.6) is 0 Å². The Kier molecular flexibility index (Phi) is 66.7. The van der Waals surface area contributed by atoms with Crippen molar-refractivity contribution in [1.82, 2.24) is 0 Å². The van der Waals surface area contributed by atoms with Crippen LogP contribution >= 0.6 is 15.6 Å². The van der Waals surface area contributed by atoms with Gasteiger partial charge in [0, 0.05) is 19.3 Å². The van der Waals surface area contributed by atoms with E-state index in [1.54, 1.807) is 6.08 Å². The number of aliphatic hydroxyl groups is 1. The van der Waals surface area contributed by atoms with E-state index in [0.29, 0.717) is 25.7 Å². The molecule has 0 radical (unpaired) electrons. The number of hydrogen-bond donors (Lipinski definition) is 3. The molecule has 3 N–H and O–H groups in total. The smallest absolute Gasteiger partial charge is 0.462 e. The summed E-state index contributed by atoms with van der Waals surface area (Å²) in [6.07, 6.45) is 78.7. The lowest BCUT2D eigenvalue weighted by Gasteiger charge is -2.21. The molecule has 0 aromatic heterocycles. The molecule has 0 saturated carbocycles. The molecule has 0 aliphatic carbocycles. The third-order valence-electron chi connectivity index (χ3n) is 14.8. The zero-order valence-corrected chi connectivity index (χ0v) is 62.4. The minimum Gasteiger partial charge on any atom is -0.462 e. The van der Waals surface area contributed by atoms with Gasteiger partial charge in [0.05, 0.1) is 32.8 Å². The summed E-state index contributed by atoms with van der Waals surface area (Å²) < 4.78 is 68.2. The van der Waals surface area contributed by atoms with Crippen LogP contribution in [-0.4, -0.2) is 96.7 Å². The van der Waals surface area contributed by atoms with Crippen molar-refractivity contribution >= 4 is 39.5 Å². The molecule has 17 nitrogen and oxygen atoms in total. The van der Waals surface area contributed by atoms with E-state index in [9.17, 15) is 43.2 Å². The van der Waals surface area contributed by atoms with Gasteiger partial charge in [0.2, 0.25) is 0 Å². The molecule has 5 unspecified atom stereocenters. The van der Waals surface area contributed by atoms with E-state index in [1.807, 2.05) is 18.2 Å². The molecule has 98 heavy (non-hydrogen) atoms. The van der Waals surface area contributed by atoms with E-state index in [1.165, 1.54) is 19.3 Å². The second kappa shape index (κ2) is 70.4. The molecule has 558 valence electrons. The van der Waals surface area contributed by atoms with Crippen LogP contribution in [0.15, 0.2) is 146 Å². The van der Waals surface area contributed by atoms with Crippen LogP contribution in [-0.2, 0) is 65.4 Å². The fourth-order valence-electron chi connectivity index (χ4n) is 9.20. The quantitative estimate of drug-likeness (QED) is 0.0169. The number of aliphatic hydroxyl groups excluding tert-OH is 1. The summed E-state index contributed by atoms with van der Waals surface area (Å²) in [6.45, 7) is 4.36. The summed E-state index contributed by atoms with van der Waals surface area (Å²) in [5, 5.41) is 10.6. The van der Waals surface area contributed by atoms with Crippen LogP contribution in [0.25, 0.3) is 0 Å². The molecule has 0 rings (SSSR count). The van der Waals surface area contributed by atoms with Gasteiger partial charge in [-0.2, -0.15) is 0 Å². The lowest BCUT2D eigenvalue weighted by atomic mass is 10.1. The predicted octanol–water partition coefficient (Wildman–Crippen LogP) is 21.1. The number of phosphoric acid groups is 2. The van der Waals surface area contributed by atoms with Crippen LogP contribution in [0.3, 0.4) is 0 Å². The Labute approximate surface area is 592 Å². The highest BCUT2D eigenvalue weighted by molar-refractivity contribution is 7.47. The molecular formula is C79H130O17P2. The molecule has 0 saturated heterocycles. The Morgan fingerprint density at radius 3 is 0.949 bits per heavy atom. The lowest BCUT2D eigenvalue weighted by molar-refractivity contribution is -0.161. The number of carbonyl (C=O) groups is 4. The van der Waals surface area contributed by atoms with E-state index < -0.39 is 97.5 Å². The van der Waals surface area contributed by atoms with Gasteiger partial charge in [-0.15, -0.1) is 0 Å². The molecule has 0 aliphatic rings. The van der Waals surface area contributed by atoms with Crippen LogP contribution < -0.4 is 0 Å². The zero-order chi connectivity index (χ0) is 71.8. The number of rotatable bonds is 68. The second-order valence-electron chi connectivity index (χ2n) is 24.1. The van der Waals surface area contributed by atoms with Crippen LogP contribution in [0.2, 0.25) is 0 Å². The maximum Gasteiger partial charge on any atom is 0.472 e. The standard InChI is InChI=1S/C79H130O17P2/c1-5-9-13-17-21-25-29-33-36-40-43-47-51-55-59-63-76(81)89-69-74(95-78(83)65-61-57-53-49-45-39-32-28-24-20-16-12-8-4)71-93-97(85,86)91-67-73(80)68-92-98(87,88)94-72-75(96-79(84)66-62-58-54-50-46-42-38-35-31-27-23-19-15-11-7-3)70-90-77(82)64-60-56-52-48-44-41-37-34-30-26-22-18-14-10-6-2/h9-10,13-14,16,20-23,25-28,32-38,44,48,56,60,73-75,80H,5-8,11-12,15,17-19,24,29-31,39-43,45-47,49-55,57-59,61-72H2,1-4H3,(H,85,86)(H,87,88)/b13-9-,14-10-,20-16-,25-21-,26-22-,27-23-,32-28-,36-33-,37-34-,38-35-,48-44-,60-56-. The summed E-state index contributed by atoms with van der Waals surface area (Å²) in [5.74, 6) is -2.38. The largest absolute Gasteiger partial charge is 0.472 e. The topological polar surface area (TPSA) is 237 Å². The van der Waals surface area contributed by atoms with Crippen molar-refractivity contribution in [2.24, 2.45) is 0 Å². The summed E-state index contributed by atoms with van der Waals surface area (Å²) in [5.41, 5.74) is 0. The van der Waals surface area contributed by atoms with Gasteiger partial charge >= 0.3 is 39.5 Å². The number of unbranched alkanes of at least 4 members (excludes halogenated alkanes) is 19. The molecule has 0 aromatic carbocycles. The first-order valence-electron chi connectivity index (χ1n) is 37.1. The molecule has 19 heteroatoms. The molecule has 0 heterocycles. The normalized spacial score (nSPS) is 14.8. The highest BCUT2D eigenvalue weighted by atomic mass is 31.2. The predicted molar refractivity (Wildman–Crippen MR) is 399 cm³/mol. The molecule has 0 aromatic rings. The second-order valence-corrected chi connectivity index (χ2v) is 27.0. The molecule has 0 bridgehead atoms. The minimum absolute atomic E-state index is 0.0549. The number of hydrogen-bond acceptors (Lipinski definition) is 15. The van der Waals surface area contributed by atoms with Crippen molar-refractivity contribution in [3.05, 3.63) is 146 Å². The Hall–Kier alpha value is -5.06. The van der Waals surface area contributed by atoms with Gasteiger partial charge in [-0.3, -0.25) is 37.3 Å². The highest BCUT2D eigenvalue weighted by Crippen LogP contribution is 2.45. The van der Waals surface area contributed by atoms with Crippen LogP contribution in [0, 0.1) is 0 Å². The summed E-state index contributed by atoms with van der Waals surface area (Å²) in [7, 11) is -9.99. The number of phosphoric ester groups is 2. The minimum atomic E-state index is -5.00. The molecule has 0 amide bonds. The Morgan fingerprint density at radius 1 is 0.306 bits per heavy atom. The SMILES string of the molecule is CC/C=C\C/C=C\C/C=C\C/C=C\C/C=C\CC(=O)OCC(COP(=O)(O)OCC(O)COP(=O)(O)OCC(COC(=O)CCCCCCC/C=C\C/C=C\C/C=C\CC)OC(=O)CCCCCCC/C=C\C/C=C\CCC)OC(=O)CCCCCCC/C=C\C/C=C\CCCCC. The van der Waals surface area contributed by atoms with Gasteiger partial charge in [0.25, 0.3) is 0 Å². The van der Waals surface area contributed by atoms with Crippen molar-refractivity contribution in [1.29, 1.82) is 0 Å². The van der Waals surface area contributed by atoms with Gasteiger partial charge in [0.1, 0.15) is 19.3 Å². The van der Waals surface area contributed by atoms with Crippen molar-refractivity contribution < 1.29 is 80.2 Å².